The van der Waals surface area contributed by atoms with Crippen molar-refractivity contribution >= 4 is 33.3 Å². The number of hydrogen-bond donors (Lipinski definition) is 1. The first kappa shape index (κ1) is 10.5. The van der Waals surface area contributed by atoms with Gasteiger partial charge in [-0.3, -0.25) is 4.79 Å². The number of hydrogen-bond acceptors (Lipinski definition) is 2. The Balaban J connectivity index is 3.05. The molecule has 0 aliphatic carbocycles. The molecule has 1 rings (SSSR count). The molecule has 1 aromatic carbocycles. The molecule has 0 aromatic heterocycles. The summed E-state index contributed by atoms with van der Waals surface area (Å²) in [6.07, 6.45) is 0.234. The molecule has 0 fully saturated rings. The Morgan fingerprint density at radius 1 is 1.54 bits per heavy atom. The molecule has 0 bridgehead atoms. The molecule has 0 saturated heterocycles. The van der Waals surface area contributed by atoms with Gasteiger partial charge in [0.05, 0.1) is 5.56 Å². The monoisotopic (exact) mass is 262 g/mol. The molecule has 0 radical (unpaired) electrons. The minimum absolute atomic E-state index is 0.00973. The Labute approximate surface area is 89.7 Å². The zero-order chi connectivity index (χ0) is 9.84. The van der Waals surface area contributed by atoms with Crippen LogP contribution in [0.3, 0.4) is 0 Å². The number of halogens is 2. The highest BCUT2D eigenvalue weighted by Gasteiger charge is 2.13. The van der Waals surface area contributed by atoms with Crippen LogP contribution in [0.4, 0.5) is 0 Å². The van der Waals surface area contributed by atoms with Gasteiger partial charge in [0, 0.05) is 16.8 Å². The number of carbonyl (C=O) groups excluding carboxylic acids is 1. The minimum Gasteiger partial charge on any atom is -0.507 e. The Bertz CT molecular complexity index is 305. The molecule has 70 valence electrons. The summed E-state index contributed by atoms with van der Waals surface area (Å²) < 4.78 is 0.600. The Hall–Kier alpha value is -0.540. The molecule has 0 spiro atoms. The topological polar surface area (TPSA) is 37.3 Å². The molecule has 0 saturated carbocycles. The number of phenols is 1. The zero-order valence-electron chi connectivity index (χ0n) is 6.76. The minimum atomic E-state index is -0.153. The zero-order valence-corrected chi connectivity index (χ0v) is 9.10. The van der Waals surface area contributed by atoms with Crippen molar-refractivity contribution in [1.82, 2.24) is 0 Å². The lowest BCUT2D eigenvalue weighted by atomic mass is 10.1. The van der Waals surface area contributed by atoms with Crippen molar-refractivity contribution in [2.75, 3.05) is 5.88 Å². The second kappa shape index (κ2) is 4.63. The third kappa shape index (κ3) is 2.45. The van der Waals surface area contributed by atoms with Crippen LogP contribution in [0.1, 0.15) is 16.8 Å². The molecule has 0 aliphatic rings. The van der Waals surface area contributed by atoms with Crippen LogP contribution in [-0.4, -0.2) is 16.8 Å². The van der Waals surface area contributed by atoms with E-state index >= 15 is 0 Å². The van der Waals surface area contributed by atoms with Gasteiger partial charge in [0.25, 0.3) is 0 Å². The summed E-state index contributed by atoms with van der Waals surface area (Å²) in [5.74, 6) is 0.101. The lowest BCUT2D eigenvalue weighted by molar-refractivity contribution is 0.0986. The van der Waals surface area contributed by atoms with E-state index in [4.69, 9.17) is 11.6 Å². The van der Waals surface area contributed by atoms with E-state index in [-0.39, 0.29) is 23.8 Å². The summed E-state index contributed by atoms with van der Waals surface area (Å²) in [5, 5.41) is 9.39. The maximum Gasteiger partial charge on any atom is 0.168 e. The lowest BCUT2D eigenvalue weighted by Gasteiger charge is -2.04. The number of phenolic OH excluding ortho intramolecular Hbond substituents is 1. The van der Waals surface area contributed by atoms with Gasteiger partial charge in [-0.2, -0.15) is 0 Å². The summed E-state index contributed by atoms with van der Waals surface area (Å²) in [5.41, 5.74) is 0.308. The predicted octanol–water partition coefficient (Wildman–Crippen LogP) is 2.97. The van der Waals surface area contributed by atoms with Gasteiger partial charge in [-0.25, -0.2) is 0 Å². The summed E-state index contributed by atoms with van der Waals surface area (Å²) in [7, 11) is 0. The van der Waals surface area contributed by atoms with E-state index in [9.17, 15) is 9.90 Å². The van der Waals surface area contributed by atoms with Crippen LogP contribution >= 0.6 is 27.5 Å². The van der Waals surface area contributed by atoms with Gasteiger partial charge in [0.15, 0.2) is 5.78 Å². The van der Waals surface area contributed by atoms with Gasteiger partial charge in [0.1, 0.15) is 5.75 Å². The highest BCUT2D eigenvalue weighted by Crippen LogP contribution is 2.26. The molecular formula is C9H8BrClO2. The van der Waals surface area contributed by atoms with E-state index in [1.54, 1.807) is 12.1 Å². The normalized spacial score (nSPS) is 10.0. The lowest BCUT2D eigenvalue weighted by Crippen LogP contribution is -2.01. The Morgan fingerprint density at radius 2 is 2.23 bits per heavy atom. The van der Waals surface area contributed by atoms with Crippen LogP contribution in [0.2, 0.25) is 0 Å². The third-order valence-electron chi connectivity index (χ3n) is 1.59. The summed E-state index contributed by atoms with van der Waals surface area (Å²) in [6, 6.07) is 4.85. The van der Waals surface area contributed by atoms with Crippen LogP contribution in [-0.2, 0) is 0 Å². The molecular weight excluding hydrogens is 255 g/mol. The number of carbonyl (C=O) groups is 1. The molecule has 4 heteroatoms. The third-order valence-corrected chi connectivity index (χ3v) is 2.44. The van der Waals surface area contributed by atoms with Crippen molar-refractivity contribution < 1.29 is 9.90 Å². The summed E-state index contributed by atoms with van der Waals surface area (Å²) in [6.45, 7) is 0. The van der Waals surface area contributed by atoms with Crippen LogP contribution < -0.4 is 0 Å². The number of rotatable bonds is 3. The largest absolute Gasteiger partial charge is 0.507 e. The van der Waals surface area contributed by atoms with E-state index in [1.807, 2.05) is 0 Å². The maximum absolute atomic E-state index is 11.4. The molecule has 1 aromatic rings. The van der Waals surface area contributed by atoms with E-state index in [1.165, 1.54) is 6.07 Å². The van der Waals surface area contributed by atoms with Crippen LogP contribution in [0.25, 0.3) is 0 Å². The molecule has 1 N–H and O–H groups in total. The molecule has 0 heterocycles. The highest BCUT2D eigenvalue weighted by atomic mass is 79.9. The number of alkyl halides is 1. The second-order valence-corrected chi connectivity index (χ2v) is 3.73. The van der Waals surface area contributed by atoms with E-state index in [0.29, 0.717) is 10.0 Å². The molecule has 2 nitrogen and oxygen atoms in total. The van der Waals surface area contributed by atoms with Crippen molar-refractivity contribution in [3.63, 3.8) is 0 Å². The predicted molar refractivity (Wildman–Crippen MR) is 55.5 cm³/mol. The van der Waals surface area contributed by atoms with E-state index in [0.717, 1.165) is 0 Å². The van der Waals surface area contributed by atoms with Crippen LogP contribution in [0, 0.1) is 0 Å². The van der Waals surface area contributed by atoms with E-state index in [2.05, 4.69) is 15.9 Å². The Morgan fingerprint density at radius 3 is 2.77 bits per heavy atom. The van der Waals surface area contributed by atoms with Crippen molar-refractivity contribution in [1.29, 1.82) is 0 Å². The van der Waals surface area contributed by atoms with E-state index < -0.39 is 0 Å². The highest BCUT2D eigenvalue weighted by molar-refractivity contribution is 9.10. The SMILES string of the molecule is O=C(CCCl)c1c(O)cccc1Br. The molecule has 0 aliphatic heterocycles. The molecule has 0 unspecified atom stereocenters. The van der Waals surface area contributed by atoms with Gasteiger partial charge in [-0.15, -0.1) is 11.6 Å². The Kier molecular flexibility index (Phi) is 3.75. The number of benzene rings is 1. The molecule has 13 heavy (non-hydrogen) atoms. The standard InChI is InChI=1S/C9H8BrClO2/c10-6-2-1-3-7(12)9(6)8(13)4-5-11/h1-3,12H,4-5H2. The fourth-order valence-corrected chi connectivity index (χ4v) is 1.75. The van der Waals surface area contributed by atoms with Gasteiger partial charge >= 0.3 is 0 Å². The first-order chi connectivity index (χ1) is 6.16. The van der Waals surface area contributed by atoms with Gasteiger partial charge < -0.3 is 5.11 Å². The van der Waals surface area contributed by atoms with Gasteiger partial charge in [-0.05, 0) is 28.1 Å². The fraction of sp³-hybridized carbons (Fsp3) is 0.222. The first-order valence-electron chi connectivity index (χ1n) is 3.73. The van der Waals surface area contributed by atoms with Crippen molar-refractivity contribution in [3.8, 4) is 5.75 Å². The van der Waals surface area contributed by atoms with Crippen molar-refractivity contribution in [2.45, 2.75) is 6.42 Å². The number of Topliss-reactive ketones (excluding diaryl/α,β-unsaturated/α-hetero) is 1. The van der Waals surface area contributed by atoms with Crippen LogP contribution in [0.15, 0.2) is 22.7 Å². The molecule has 0 atom stereocenters. The average molecular weight is 264 g/mol. The quantitative estimate of drug-likeness (QED) is 0.672. The van der Waals surface area contributed by atoms with Gasteiger partial charge in [-0.1, -0.05) is 6.07 Å². The van der Waals surface area contributed by atoms with Crippen molar-refractivity contribution in [2.24, 2.45) is 0 Å². The number of ketones is 1. The molecule has 0 amide bonds. The summed E-state index contributed by atoms with van der Waals surface area (Å²) >= 11 is 8.63. The van der Waals surface area contributed by atoms with Crippen LogP contribution in [0.5, 0.6) is 5.75 Å². The maximum atomic E-state index is 11.4. The fourth-order valence-electron chi connectivity index (χ4n) is 1.000. The first-order valence-corrected chi connectivity index (χ1v) is 5.06. The number of aromatic hydroxyl groups is 1. The summed E-state index contributed by atoms with van der Waals surface area (Å²) in [4.78, 5) is 11.4. The average Bonchev–Trinajstić information content (AvgIpc) is 2.04. The van der Waals surface area contributed by atoms with Gasteiger partial charge in [0.2, 0.25) is 0 Å². The smallest absolute Gasteiger partial charge is 0.168 e. The van der Waals surface area contributed by atoms with Crippen molar-refractivity contribution in [3.05, 3.63) is 28.2 Å². The second-order valence-electron chi connectivity index (χ2n) is 2.50.